The average Bonchev–Trinajstić information content (AvgIpc) is 3.52. The third-order valence-corrected chi connectivity index (χ3v) is 7.10. The largest absolute Gasteiger partial charge is 0.502 e. The molecule has 0 radical (unpaired) electrons. The maximum Gasteiger partial charge on any atom is 0.209 e. The fourth-order valence-electron chi connectivity index (χ4n) is 2.89. The highest BCUT2D eigenvalue weighted by Gasteiger charge is 2.19. The van der Waals surface area contributed by atoms with Crippen LogP contribution >= 0.6 is 34.4 Å². The fourth-order valence-corrected chi connectivity index (χ4v) is 5.07. The highest BCUT2D eigenvalue weighted by atomic mass is 32.2. The molecule has 0 aliphatic carbocycles. The number of aromatic hydroxyl groups is 1. The first kappa shape index (κ1) is 21.6. The molecular weight excluding hydrogens is 454 g/mol. The van der Waals surface area contributed by atoms with Crippen LogP contribution < -0.4 is 9.47 Å². The summed E-state index contributed by atoms with van der Waals surface area (Å²) in [6, 6.07) is 11.1. The maximum absolute atomic E-state index is 10.7. The molecule has 3 aromatic heterocycles. The van der Waals surface area contributed by atoms with Crippen molar-refractivity contribution in [1.29, 1.82) is 0 Å². The van der Waals surface area contributed by atoms with Gasteiger partial charge >= 0.3 is 0 Å². The highest BCUT2D eigenvalue weighted by Crippen LogP contribution is 2.40. The summed E-state index contributed by atoms with van der Waals surface area (Å²) in [4.78, 5) is 6.74. The zero-order valence-electron chi connectivity index (χ0n) is 16.7. The van der Waals surface area contributed by atoms with E-state index in [-0.39, 0.29) is 17.2 Å². The first-order valence-corrected chi connectivity index (χ1v) is 11.9. The Morgan fingerprint density at radius 1 is 0.968 bits per heavy atom. The van der Waals surface area contributed by atoms with Crippen molar-refractivity contribution in [3.63, 3.8) is 0 Å². The minimum absolute atomic E-state index is 0.106. The Balaban J connectivity index is 1.57. The Morgan fingerprint density at radius 2 is 1.58 bits per heavy atom. The second-order valence-corrected chi connectivity index (χ2v) is 9.23. The predicted octanol–water partition coefficient (Wildman–Crippen LogP) is 4.88. The van der Waals surface area contributed by atoms with Gasteiger partial charge in [0.1, 0.15) is 11.4 Å². The van der Waals surface area contributed by atoms with Gasteiger partial charge in [-0.25, -0.2) is 4.98 Å². The number of phenols is 1. The standard InChI is InChI=1S/C21H19N3O4S3/c1-27-14-9-12(10-15(28-2)20(14)26)13(25)11-31-21-22-18(16-5-3-7-29-16)19(23-24-21)17-6-4-8-30-17/h3-10,13,25-26H,11H2,1-2H3. The van der Waals surface area contributed by atoms with Crippen molar-refractivity contribution < 1.29 is 19.7 Å². The number of thiophene rings is 2. The number of ether oxygens (including phenoxy) is 2. The molecule has 160 valence electrons. The van der Waals surface area contributed by atoms with Crippen LogP contribution in [0, 0.1) is 0 Å². The number of aliphatic hydroxyl groups is 1. The van der Waals surface area contributed by atoms with Gasteiger partial charge in [0.15, 0.2) is 11.5 Å². The summed E-state index contributed by atoms with van der Waals surface area (Å²) >= 11 is 4.48. The summed E-state index contributed by atoms with van der Waals surface area (Å²) in [7, 11) is 2.89. The molecule has 0 aliphatic heterocycles. The van der Waals surface area contributed by atoms with Crippen molar-refractivity contribution in [1.82, 2.24) is 15.2 Å². The summed E-state index contributed by atoms with van der Waals surface area (Å²) in [5, 5.41) is 33.9. The topological polar surface area (TPSA) is 97.6 Å². The lowest BCUT2D eigenvalue weighted by molar-refractivity contribution is 0.202. The Hall–Kier alpha value is -2.66. The Morgan fingerprint density at radius 3 is 2.13 bits per heavy atom. The normalized spacial score (nSPS) is 12.0. The number of rotatable bonds is 8. The predicted molar refractivity (Wildman–Crippen MR) is 123 cm³/mol. The molecule has 4 aromatic rings. The molecule has 2 N–H and O–H groups in total. The van der Waals surface area contributed by atoms with Crippen LogP contribution in [0.3, 0.4) is 0 Å². The number of methoxy groups -OCH3 is 2. The molecule has 1 unspecified atom stereocenters. The summed E-state index contributed by atoms with van der Waals surface area (Å²) in [5.41, 5.74) is 2.08. The zero-order valence-corrected chi connectivity index (χ0v) is 19.1. The van der Waals surface area contributed by atoms with Gasteiger partial charge in [0.2, 0.25) is 10.9 Å². The molecule has 0 fully saturated rings. The third-order valence-electron chi connectivity index (χ3n) is 4.43. The minimum atomic E-state index is -0.848. The van der Waals surface area contributed by atoms with E-state index in [1.807, 2.05) is 35.0 Å². The molecule has 0 amide bonds. The summed E-state index contributed by atoms with van der Waals surface area (Å²) in [6.45, 7) is 0. The van der Waals surface area contributed by atoms with Gasteiger partial charge in [0.05, 0.1) is 30.1 Å². The van der Waals surface area contributed by atoms with Crippen LogP contribution in [0.2, 0.25) is 0 Å². The quantitative estimate of drug-likeness (QED) is 0.350. The Bertz CT molecular complexity index is 1130. The molecule has 0 saturated carbocycles. The number of aliphatic hydroxyl groups excluding tert-OH is 1. The number of hydrogen-bond acceptors (Lipinski definition) is 10. The summed E-state index contributed by atoms with van der Waals surface area (Å²) < 4.78 is 10.3. The van der Waals surface area contributed by atoms with Crippen LogP contribution in [0.15, 0.2) is 52.3 Å². The van der Waals surface area contributed by atoms with Gasteiger partial charge in [0, 0.05) is 5.75 Å². The van der Waals surface area contributed by atoms with Crippen LogP contribution in [-0.4, -0.2) is 45.4 Å². The van der Waals surface area contributed by atoms with Crippen molar-refractivity contribution in [2.45, 2.75) is 11.3 Å². The van der Waals surface area contributed by atoms with E-state index in [1.165, 1.54) is 26.0 Å². The van der Waals surface area contributed by atoms with Gasteiger partial charge < -0.3 is 19.7 Å². The fraction of sp³-hybridized carbons (Fsp3) is 0.190. The first-order chi connectivity index (χ1) is 15.1. The first-order valence-electron chi connectivity index (χ1n) is 9.19. The van der Waals surface area contributed by atoms with Gasteiger partial charge in [-0.3, -0.25) is 0 Å². The summed E-state index contributed by atoms with van der Waals surface area (Å²) in [5.74, 6) is 0.653. The third kappa shape index (κ3) is 4.67. The molecule has 7 nitrogen and oxygen atoms in total. The number of nitrogens with zero attached hydrogens (tertiary/aromatic N) is 3. The molecule has 3 heterocycles. The van der Waals surface area contributed by atoms with E-state index in [2.05, 4.69) is 10.2 Å². The minimum Gasteiger partial charge on any atom is -0.502 e. The Kier molecular flexibility index (Phi) is 6.71. The number of aromatic nitrogens is 3. The van der Waals surface area contributed by atoms with Crippen LogP contribution in [0.5, 0.6) is 17.2 Å². The van der Waals surface area contributed by atoms with Gasteiger partial charge in [-0.2, -0.15) is 0 Å². The lowest BCUT2D eigenvalue weighted by Crippen LogP contribution is -2.04. The zero-order chi connectivity index (χ0) is 21.8. The van der Waals surface area contributed by atoms with Gasteiger partial charge in [-0.15, -0.1) is 32.9 Å². The molecule has 0 saturated heterocycles. The Labute approximate surface area is 191 Å². The second kappa shape index (κ2) is 9.65. The molecule has 0 spiro atoms. The van der Waals surface area contributed by atoms with Crippen LogP contribution in [0.4, 0.5) is 0 Å². The van der Waals surface area contributed by atoms with Crippen molar-refractivity contribution in [2.24, 2.45) is 0 Å². The van der Waals surface area contributed by atoms with E-state index < -0.39 is 6.10 Å². The van der Waals surface area contributed by atoms with Gasteiger partial charge in [-0.1, -0.05) is 23.9 Å². The molecule has 1 aromatic carbocycles. The van der Waals surface area contributed by atoms with Crippen LogP contribution in [-0.2, 0) is 0 Å². The van der Waals surface area contributed by atoms with E-state index in [0.717, 1.165) is 21.1 Å². The second-order valence-electron chi connectivity index (χ2n) is 6.35. The number of benzene rings is 1. The monoisotopic (exact) mass is 473 g/mol. The van der Waals surface area contributed by atoms with Crippen LogP contribution in [0.1, 0.15) is 11.7 Å². The van der Waals surface area contributed by atoms with Crippen molar-refractivity contribution in [3.05, 3.63) is 52.7 Å². The molecule has 0 bridgehead atoms. The molecular formula is C21H19N3O4S3. The van der Waals surface area contributed by atoms with E-state index in [1.54, 1.807) is 34.8 Å². The smallest absolute Gasteiger partial charge is 0.209 e. The number of hydrogen-bond donors (Lipinski definition) is 2. The van der Waals surface area contributed by atoms with Gasteiger partial charge in [0.25, 0.3) is 0 Å². The van der Waals surface area contributed by atoms with Crippen molar-refractivity contribution in [2.75, 3.05) is 20.0 Å². The number of phenolic OH excluding ortho intramolecular Hbond substituents is 1. The van der Waals surface area contributed by atoms with E-state index in [9.17, 15) is 10.2 Å². The lowest BCUT2D eigenvalue weighted by Gasteiger charge is -2.15. The van der Waals surface area contributed by atoms with E-state index >= 15 is 0 Å². The maximum atomic E-state index is 10.7. The van der Waals surface area contributed by atoms with Crippen molar-refractivity contribution >= 4 is 34.4 Å². The van der Waals surface area contributed by atoms with E-state index in [4.69, 9.17) is 14.5 Å². The average molecular weight is 474 g/mol. The van der Waals surface area contributed by atoms with Crippen LogP contribution in [0.25, 0.3) is 21.1 Å². The molecule has 10 heteroatoms. The van der Waals surface area contributed by atoms with Crippen molar-refractivity contribution in [3.8, 4) is 38.4 Å². The lowest BCUT2D eigenvalue weighted by atomic mass is 10.1. The molecule has 0 aliphatic rings. The van der Waals surface area contributed by atoms with Gasteiger partial charge in [-0.05, 0) is 40.6 Å². The molecule has 1 atom stereocenters. The highest BCUT2D eigenvalue weighted by molar-refractivity contribution is 7.99. The molecule has 4 rings (SSSR count). The number of thioether (sulfide) groups is 1. The SMILES string of the molecule is COc1cc(C(O)CSc2nnc(-c3cccs3)c(-c3cccs3)n2)cc(OC)c1O. The van der Waals surface area contributed by atoms with E-state index in [0.29, 0.717) is 16.5 Å². The molecule has 31 heavy (non-hydrogen) atoms. The summed E-state index contributed by atoms with van der Waals surface area (Å²) in [6.07, 6.45) is -0.848.